The molecule has 3 N–H and O–H groups in total. The van der Waals surface area contributed by atoms with E-state index in [0.29, 0.717) is 13.1 Å². The van der Waals surface area contributed by atoms with Crippen LogP contribution in [0.3, 0.4) is 0 Å². The number of aryl methyl sites for hydroxylation is 1. The van der Waals surface area contributed by atoms with E-state index in [1.54, 1.807) is 6.33 Å². The number of nitrogens with zero attached hydrogens (tertiary/aromatic N) is 2. The molecule has 1 aliphatic rings. The van der Waals surface area contributed by atoms with Crippen LogP contribution < -0.4 is 11.1 Å². The van der Waals surface area contributed by atoms with Crippen molar-refractivity contribution < 1.29 is 4.79 Å². The normalized spacial score (nSPS) is 17.6. The quantitative estimate of drug-likeness (QED) is 0.888. The zero-order valence-corrected chi connectivity index (χ0v) is 11.2. The topological polar surface area (TPSA) is 72.9 Å². The van der Waals surface area contributed by atoms with Crippen LogP contribution in [0.25, 0.3) is 0 Å². The molecule has 0 fully saturated rings. The lowest BCUT2D eigenvalue weighted by Gasteiger charge is -2.23. The Morgan fingerprint density at radius 2 is 2.40 bits per heavy atom. The van der Waals surface area contributed by atoms with Crippen molar-refractivity contribution in [2.75, 3.05) is 5.32 Å². The Labute approximate surface area is 117 Å². The number of nitrogens with two attached hydrogens (primary N) is 1. The molecule has 20 heavy (non-hydrogen) atoms. The van der Waals surface area contributed by atoms with E-state index >= 15 is 0 Å². The van der Waals surface area contributed by atoms with E-state index in [-0.39, 0.29) is 11.8 Å². The third kappa shape index (κ3) is 2.58. The van der Waals surface area contributed by atoms with E-state index in [1.807, 2.05) is 30.5 Å². The van der Waals surface area contributed by atoms with Gasteiger partial charge >= 0.3 is 0 Å². The van der Waals surface area contributed by atoms with Gasteiger partial charge in [0.2, 0.25) is 5.91 Å². The molecule has 0 spiro atoms. The maximum absolute atomic E-state index is 12.3. The summed E-state index contributed by atoms with van der Waals surface area (Å²) in [6.45, 7) is 1.18. The highest BCUT2D eigenvalue weighted by Gasteiger charge is 2.24. The number of anilines is 1. The lowest BCUT2D eigenvalue weighted by molar-refractivity contribution is -0.120. The molecule has 3 rings (SSSR count). The van der Waals surface area contributed by atoms with Gasteiger partial charge in [-0.2, -0.15) is 0 Å². The van der Waals surface area contributed by atoms with Crippen LogP contribution >= 0.6 is 0 Å². The zero-order chi connectivity index (χ0) is 13.9. The van der Waals surface area contributed by atoms with Crippen molar-refractivity contribution in [2.45, 2.75) is 25.9 Å². The van der Waals surface area contributed by atoms with Crippen LogP contribution in [-0.2, 0) is 24.3 Å². The number of nitrogens with one attached hydrogen (secondary N) is 1. The van der Waals surface area contributed by atoms with Gasteiger partial charge in [-0.1, -0.05) is 12.1 Å². The van der Waals surface area contributed by atoms with Gasteiger partial charge in [-0.05, 0) is 30.5 Å². The van der Waals surface area contributed by atoms with E-state index in [0.717, 1.165) is 24.1 Å². The Hall–Kier alpha value is -2.14. The third-order valence-electron chi connectivity index (χ3n) is 3.77. The van der Waals surface area contributed by atoms with Crippen molar-refractivity contribution in [1.82, 2.24) is 9.55 Å². The first-order chi connectivity index (χ1) is 9.76. The standard InChI is InChI=1S/C15H18N4O/c16-7-11-2-1-3-13(6-11)18-15(20)12-4-5-14-8-17-10-19(14)9-12/h1-3,6,8,10,12H,4-5,7,9,16H2,(H,18,20). The number of benzene rings is 1. The fourth-order valence-corrected chi connectivity index (χ4v) is 2.61. The predicted molar refractivity (Wildman–Crippen MR) is 77.0 cm³/mol. The Balaban J connectivity index is 1.68. The van der Waals surface area contributed by atoms with Gasteiger partial charge in [0, 0.05) is 30.7 Å². The smallest absolute Gasteiger partial charge is 0.229 e. The maximum Gasteiger partial charge on any atom is 0.229 e. The summed E-state index contributed by atoms with van der Waals surface area (Å²) < 4.78 is 2.06. The number of hydrogen-bond acceptors (Lipinski definition) is 3. The summed E-state index contributed by atoms with van der Waals surface area (Å²) in [6, 6.07) is 7.67. The first-order valence-electron chi connectivity index (χ1n) is 6.85. The number of fused-ring (bicyclic) bond motifs is 1. The first-order valence-corrected chi connectivity index (χ1v) is 6.85. The van der Waals surface area contributed by atoms with Crippen molar-refractivity contribution >= 4 is 11.6 Å². The lowest BCUT2D eigenvalue weighted by atomic mass is 9.97. The average Bonchev–Trinajstić information content (AvgIpc) is 2.94. The SMILES string of the molecule is NCc1cccc(NC(=O)C2CCc3cncn3C2)c1. The van der Waals surface area contributed by atoms with Crippen LogP contribution in [0.5, 0.6) is 0 Å². The molecule has 5 nitrogen and oxygen atoms in total. The van der Waals surface area contributed by atoms with Gasteiger partial charge in [0.1, 0.15) is 0 Å². The minimum atomic E-state index is -0.00164. The molecule has 104 valence electrons. The number of hydrogen-bond donors (Lipinski definition) is 2. The Morgan fingerprint density at radius 1 is 1.50 bits per heavy atom. The largest absolute Gasteiger partial charge is 0.334 e. The first kappa shape index (κ1) is 12.9. The summed E-state index contributed by atoms with van der Waals surface area (Å²) in [6.07, 6.45) is 5.44. The van der Waals surface area contributed by atoms with E-state index in [2.05, 4.69) is 14.9 Å². The summed E-state index contributed by atoms with van der Waals surface area (Å²) in [5.74, 6) is 0.0664. The van der Waals surface area contributed by atoms with Crippen LogP contribution in [0, 0.1) is 5.92 Å². The number of imidazole rings is 1. The van der Waals surface area contributed by atoms with Crippen molar-refractivity contribution in [3.63, 3.8) is 0 Å². The molecule has 0 saturated heterocycles. The van der Waals surface area contributed by atoms with Gasteiger partial charge in [0.25, 0.3) is 0 Å². The molecule has 5 heteroatoms. The Morgan fingerprint density at radius 3 is 3.25 bits per heavy atom. The molecule has 1 unspecified atom stereocenters. The molecule has 0 aliphatic carbocycles. The van der Waals surface area contributed by atoms with Crippen molar-refractivity contribution in [3.8, 4) is 0 Å². The van der Waals surface area contributed by atoms with Crippen molar-refractivity contribution in [3.05, 3.63) is 48.0 Å². The summed E-state index contributed by atoms with van der Waals surface area (Å²) in [5.41, 5.74) is 8.65. The van der Waals surface area contributed by atoms with Gasteiger partial charge in [0.05, 0.1) is 12.2 Å². The van der Waals surface area contributed by atoms with Gasteiger partial charge in [0.15, 0.2) is 0 Å². The molecule has 2 aromatic rings. The lowest BCUT2D eigenvalue weighted by Crippen LogP contribution is -2.30. The zero-order valence-electron chi connectivity index (χ0n) is 11.2. The molecule has 0 bridgehead atoms. The van der Waals surface area contributed by atoms with Crippen LogP contribution in [-0.4, -0.2) is 15.5 Å². The van der Waals surface area contributed by atoms with E-state index < -0.39 is 0 Å². The number of aromatic nitrogens is 2. The highest BCUT2D eigenvalue weighted by Crippen LogP contribution is 2.21. The summed E-state index contributed by atoms with van der Waals surface area (Å²) in [4.78, 5) is 16.4. The highest BCUT2D eigenvalue weighted by atomic mass is 16.1. The van der Waals surface area contributed by atoms with Crippen molar-refractivity contribution in [1.29, 1.82) is 0 Å². The third-order valence-corrected chi connectivity index (χ3v) is 3.77. The fourth-order valence-electron chi connectivity index (χ4n) is 2.61. The van der Waals surface area contributed by atoms with E-state index in [4.69, 9.17) is 5.73 Å². The molecule has 1 amide bonds. The predicted octanol–water partition coefficient (Wildman–Crippen LogP) is 1.54. The van der Waals surface area contributed by atoms with Gasteiger partial charge in [-0.15, -0.1) is 0 Å². The molecular formula is C15H18N4O. The molecule has 2 heterocycles. The van der Waals surface area contributed by atoms with Gasteiger partial charge < -0.3 is 15.6 Å². The minimum absolute atomic E-state index is 0.00164. The maximum atomic E-state index is 12.3. The van der Waals surface area contributed by atoms with E-state index in [9.17, 15) is 4.79 Å². The van der Waals surface area contributed by atoms with E-state index in [1.165, 1.54) is 5.69 Å². The molecule has 0 radical (unpaired) electrons. The minimum Gasteiger partial charge on any atom is -0.334 e. The van der Waals surface area contributed by atoms with Gasteiger partial charge in [-0.3, -0.25) is 4.79 Å². The molecule has 1 aromatic carbocycles. The molecule has 1 aliphatic heterocycles. The second-order valence-electron chi connectivity index (χ2n) is 5.17. The molecular weight excluding hydrogens is 252 g/mol. The molecule has 1 atom stereocenters. The Kier molecular flexibility index (Phi) is 3.52. The van der Waals surface area contributed by atoms with Crippen LogP contribution in [0.2, 0.25) is 0 Å². The van der Waals surface area contributed by atoms with Crippen LogP contribution in [0.4, 0.5) is 5.69 Å². The summed E-state index contributed by atoms with van der Waals surface area (Å²) in [7, 11) is 0. The van der Waals surface area contributed by atoms with Gasteiger partial charge in [-0.25, -0.2) is 4.98 Å². The average molecular weight is 270 g/mol. The molecule has 0 saturated carbocycles. The highest BCUT2D eigenvalue weighted by molar-refractivity contribution is 5.92. The second kappa shape index (κ2) is 5.46. The number of amides is 1. The van der Waals surface area contributed by atoms with Crippen molar-refractivity contribution in [2.24, 2.45) is 11.7 Å². The summed E-state index contributed by atoms with van der Waals surface area (Å²) in [5, 5.41) is 2.98. The number of carbonyl (C=O) groups is 1. The second-order valence-corrected chi connectivity index (χ2v) is 5.17. The Bertz CT molecular complexity index is 620. The fraction of sp³-hybridized carbons (Fsp3) is 0.333. The van der Waals surface area contributed by atoms with Crippen LogP contribution in [0.1, 0.15) is 17.7 Å². The summed E-state index contributed by atoms with van der Waals surface area (Å²) >= 11 is 0. The number of carbonyl (C=O) groups excluding carboxylic acids is 1. The van der Waals surface area contributed by atoms with Crippen LogP contribution in [0.15, 0.2) is 36.8 Å². The monoisotopic (exact) mass is 270 g/mol. The number of rotatable bonds is 3. The molecule has 1 aromatic heterocycles.